The van der Waals surface area contributed by atoms with Gasteiger partial charge in [0, 0.05) is 24.8 Å². The Balaban J connectivity index is 1.76. The predicted molar refractivity (Wildman–Crippen MR) is 91.2 cm³/mol. The molecule has 0 radical (unpaired) electrons. The van der Waals surface area contributed by atoms with Crippen molar-refractivity contribution in [2.24, 2.45) is 0 Å². The van der Waals surface area contributed by atoms with Gasteiger partial charge in [0.05, 0.1) is 5.69 Å². The molecule has 1 aromatic rings. The quantitative estimate of drug-likeness (QED) is 0.893. The van der Waals surface area contributed by atoms with Gasteiger partial charge in [0.15, 0.2) is 0 Å². The minimum atomic E-state index is -0.451. The fraction of sp³-hybridized carbons (Fsp3) is 0.667. The van der Waals surface area contributed by atoms with Gasteiger partial charge in [-0.2, -0.15) is 0 Å². The van der Waals surface area contributed by atoms with E-state index in [0.29, 0.717) is 6.04 Å². The summed E-state index contributed by atoms with van der Waals surface area (Å²) in [5.74, 6) is 0. The van der Waals surface area contributed by atoms with Crippen LogP contribution in [0.2, 0.25) is 0 Å². The lowest BCUT2D eigenvalue weighted by Crippen LogP contribution is -2.45. The molecule has 1 aliphatic rings. The highest BCUT2D eigenvalue weighted by atomic mass is 16.6. The number of alkyl carbamates (subject to hydrolysis) is 1. The van der Waals surface area contributed by atoms with Crippen molar-refractivity contribution in [3.63, 3.8) is 0 Å². The Hall–Kier alpha value is -1.62. The van der Waals surface area contributed by atoms with Crippen LogP contribution >= 0.6 is 0 Å². The minimum absolute atomic E-state index is 0.182. The smallest absolute Gasteiger partial charge is 0.407 e. The van der Waals surface area contributed by atoms with Gasteiger partial charge >= 0.3 is 6.09 Å². The van der Waals surface area contributed by atoms with E-state index in [-0.39, 0.29) is 12.1 Å². The first-order valence-corrected chi connectivity index (χ1v) is 8.46. The Kier molecular flexibility index (Phi) is 5.99. The summed E-state index contributed by atoms with van der Waals surface area (Å²) < 4.78 is 5.34. The van der Waals surface area contributed by atoms with Crippen LogP contribution in [0, 0.1) is 6.92 Å². The molecule has 0 aromatic carbocycles. The lowest BCUT2D eigenvalue weighted by Gasteiger charge is -2.31. The molecule has 2 atom stereocenters. The molecule has 128 valence electrons. The average Bonchev–Trinajstić information content (AvgIpc) is 2.45. The van der Waals surface area contributed by atoms with Crippen molar-refractivity contribution in [2.45, 2.75) is 77.6 Å². The predicted octanol–water partition coefficient (Wildman–Crippen LogP) is 3.32. The normalized spacial score (nSPS) is 21.7. The van der Waals surface area contributed by atoms with Gasteiger partial charge in [-0.15, -0.1) is 0 Å². The van der Waals surface area contributed by atoms with Crippen LogP contribution in [0.15, 0.2) is 18.3 Å². The van der Waals surface area contributed by atoms with Crippen LogP contribution in [0.25, 0.3) is 0 Å². The summed E-state index contributed by atoms with van der Waals surface area (Å²) in [6, 6.07) is 4.73. The summed E-state index contributed by atoms with van der Waals surface area (Å²) in [6.07, 6.45) is 5.77. The van der Waals surface area contributed by atoms with E-state index in [0.717, 1.165) is 37.9 Å². The zero-order valence-corrected chi connectivity index (χ0v) is 14.7. The van der Waals surface area contributed by atoms with Crippen molar-refractivity contribution in [1.82, 2.24) is 15.6 Å². The summed E-state index contributed by atoms with van der Waals surface area (Å²) in [5.41, 5.74) is 1.78. The Morgan fingerprint density at radius 2 is 2.04 bits per heavy atom. The third kappa shape index (κ3) is 6.57. The van der Waals surface area contributed by atoms with Crippen molar-refractivity contribution < 1.29 is 9.53 Å². The van der Waals surface area contributed by atoms with Gasteiger partial charge in [0.2, 0.25) is 0 Å². The van der Waals surface area contributed by atoms with E-state index < -0.39 is 5.60 Å². The molecule has 0 unspecified atom stereocenters. The number of aromatic nitrogens is 1. The molecule has 1 aliphatic carbocycles. The number of hydrogen-bond donors (Lipinski definition) is 2. The van der Waals surface area contributed by atoms with E-state index in [1.54, 1.807) is 0 Å². The molecule has 1 amide bonds. The number of ether oxygens (including phenoxy) is 1. The first-order chi connectivity index (χ1) is 10.8. The van der Waals surface area contributed by atoms with Gasteiger partial charge < -0.3 is 15.4 Å². The van der Waals surface area contributed by atoms with Gasteiger partial charge in [0.1, 0.15) is 5.60 Å². The molecule has 0 saturated heterocycles. The monoisotopic (exact) mass is 319 g/mol. The maximum absolute atomic E-state index is 11.9. The molecule has 0 aliphatic heterocycles. The molecule has 23 heavy (non-hydrogen) atoms. The maximum atomic E-state index is 11.9. The summed E-state index contributed by atoms with van der Waals surface area (Å²) in [4.78, 5) is 16.3. The van der Waals surface area contributed by atoms with E-state index in [9.17, 15) is 4.79 Å². The summed E-state index contributed by atoms with van der Waals surface area (Å²) in [5, 5.41) is 6.55. The molecule has 0 spiro atoms. The lowest BCUT2D eigenvalue weighted by molar-refractivity contribution is 0.0488. The molecular weight excluding hydrogens is 290 g/mol. The Labute approximate surface area is 139 Å². The van der Waals surface area contributed by atoms with E-state index in [1.807, 2.05) is 33.9 Å². The van der Waals surface area contributed by atoms with E-state index in [4.69, 9.17) is 4.74 Å². The van der Waals surface area contributed by atoms with E-state index in [2.05, 4.69) is 27.8 Å². The van der Waals surface area contributed by atoms with Gasteiger partial charge in [-0.25, -0.2) is 4.79 Å². The largest absolute Gasteiger partial charge is 0.444 e. The van der Waals surface area contributed by atoms with Crippen molar-refractivity contribution in [3.05, 3.63) is 29.6 Å². The van der Waals surface area contributed by atoms with E-state index in [1.165, 1.54) is 5.56 Å². The number of aryl methyl sites for hydroxylation is 1. The molecule has 5 heteroatoms. The zero-order valence-electron chi connectivity index (χ0n) is 14.7. The molecule has 5 nitrogen and oxygen atoms in total. The molecule has 0 bridgehead atoms. The summed E-state index contributed by atoms with van der Waals surface area (Å²) >= 11 is 0. The van der Waals surface area contributed by atoms with Crippen molar-refractivity contribution >= 4 is 6.09 Å². The van der Waals surface area contributed by atoms with Crippen LogP contribution in [-0.4, -0.2) is 28.8 Å². The van der Waals surface area contributed by atoms with Crippen LogP contribution in [0.3, 0.4) is 0 Å². The molecule has 2 rings (SSSR count). The SMILES string of the molecule is Cc1ccc(CN[C@H]2CCC[C@H](NC(=O)OC(C)(C)C)C2)nc1. The molecule has 1 fully saturated rings. The van der Waals surface area contributed by atoms with Crippen molar-refractivity contribution in [1.29, 1.82) is 0 Å². The van der Waals surface area contributed by atoms with Crippen molar-refractivity contribution in [2.75, 3.05) is 0 Å². The molecule has 2 N–H and O–H groups in total. The van der Waals surface area contributed by atoms with Crippen molar-refractivity contribution in [3.8, 4) is 0 Å². The highest BCUT2D eigenvalue weighted by Crippen LogP contribution is 2.19. The maximum Gasteiger partial charge on any atom is 0.407 e. The lowest BCUT2D eigenvalue weighted by atomic mass is 9.91. The third-order valence-electron chi connectivity index (χ3n) is 3.94. The molecule has 1 aromatic heterocycles. The number of carbonyl (C=O) groups excluding carboxylic acids is 1. The highest BCUT2D eigenvalue weighted by Gasteiger charge is 2.25. The standard InChI is InChI=1S/C18H29N3O2/c1-13-8-9-16(19-11-13)12-20-14-6-5-7-15(10-14)21-17(22)23-18(2,3)4/h8-9,11,14-15,20H,5-7,10,12H2,1-4H3,(H,21,22)/t14-,15-/m0/s1. The van der Waals surface area contributed by atoms with Crippen LogP contribution in [0.1, 0.15) is 57.7 Å². The third-order valence-corrected chi connectivity index (χ3v) is 3.94. The Bertz CT molecular complexity index is 508. The summed E-state index contributed by atoms with van der Waals surface area (Å²) in [6.45, 7) is 8.45. The average molecular weight is 319 g/mol. The topological polar surface area (TPSA) is 63.2 Å². The minimum Gasteiger partial charge on any atom is -0.444 e. The second-order valence-corrected chi connectivity index (χ2v) is 7.41. The molecule has 1 heterocycles. The first kappa shape index (κ1) is 17.7. The second kappa shape index (κ2) is 7.77. The molecule has 1 saturated carbocycles. The molecular formula is C18H29N3O2. The zero-order chi connectivity index (χ0) is 16.9. The first-order valence-electron chi connectivity index (χ1n) is 8.46. The van der Waals surface area contributed by atoms with E-state index >= 15 is 0 Å². The summed E-state index contributed by atoms with van der Waals surface area (Å²) in [7, 11) is 0. The Morgan fingerprint density at radius 1 is 1.30 bits per heavy atom. The van der Waals surface area contributed by atoms with Crippen LogP contribution in [0.5, 0.6) is 0 Å². The fourth-order valence-corrected chi connectivity index (χ4v) is 2.83. The van der Waals surface area contributed by atoms with Gasteiger partial charge in [-0.3, -0.25) is 4.98 Å². The van der Waals surface area contributed by atoms with Crippen LogP contribution in [-0.2, 0) is 11.3 Å². The van der Waals surface area contributed by atoms with Gasteiger partial charge in [0.25, 0.3) is 0 Å². The van der Waals surface area contributed by atoms with Crippen LogP contribution < -0.4 is 10.6 Å². The number of pyridine rings is 1. The second-order valence-electron chi connectivity index (χ2n) is 7.41. The fourth-order valence-electron chi connectivity index (χ4n) is 2.83. The number of carbonyl (C=O) groups is 1. The number of nitrogens with one attached hydrogen (secondary N) is 2. The number of nitrogens with zero attached hydrogens (tertiary/aromatic N) is 1. The van der Waals surface area contributed by atoms with Gasteiger partial charge in [-0.05, 0) is 65.0 Å². The number of rotatable bonds is 4. The van der Waals surface area contributed by atoms with Gasteiger partial charge in [-0.1, -0.05) is 6.07 Å². The Morgan fingerprint density at radius 3 is 2.70 bits per heavy atom. The van der Waals surface area contributed by atoms with Crippen LogP contribution in [0.4, 0.5) is 4.79 Å². The number of amides is 1. The highest BCUT2D eigenvalue weighted by molar-refractivity contribution is 5.68. The number of hydrogen-bond acceptors (Lipinski definition) is 4.